The van der Waals surface area contributed by atoms with Crippen molar-refractivity contribution in [1.82, 2.24) is 15.2 Å². The van der Waals surface area contributed by atoms with Crippen molar-refractivity contribution < 1.29 is 19.0 Å². The zero-order valence-electron chi connectivity index (χ0n) is 13.7. The average molecular weight is 345 g/mol. The Kier molecular flexibility index (Phi) is 5.45. The maximum absolute atomic E-state index is 13.3. The van der Waals surface area contributed by atoms with E-state index in [0.29, 0.717) is 30.3 Å². The maximum Gasteiger partial charge on any atom is 0.317 e. The van der Waals surface area contributed by atoms with Crippen LogP contribution in [0.4, 0.5) is 9.18 Å². The molecular formula is C18H20FN3O3. The molecule has 1 aliphatic heterocycles. The number of hydrogen-bond acceptors (Lipinski definition) is 4. The van der Waals surface area contributed by atoms with Gasteiger partial charge in [-0.1, -0.05) is 12.1 Å². The van der Waals surface area contributed by atoms with Gasteiger partial charge in [-0.15, -0.1) is 0 Å². The molecule has 1 fully saturated rings. The van der Waals surface area contributed by atoms with Crippen LogP contribution in [0, 0.1) is 5.82 Å². The van der Waals surface area contributed by atoms with Gasteiger partial charge in [0.1, 0.15) is 11.6 Å². The second kappa shape index (κ2) is 7.94. The molecule has 3 rings (SSSR count). The van der Waals surface area contributed by atoms with E-state index in [2.05, 4.69) is 10.3 Å². The SMILES string of the molecule is O=C(NCc1cccnc1Oc1cccc(F)c1)N1CCCC(O)C1. The van der Waals surface area contributed by atoms with E-state index in [1.807, 2.05) is 0 Å². The Morgan fingerprint density at radius 2 is 2.28 bits per heavy atom. The molecule has 1 unspecified atom stereocenters. The predicted molar refractivity (Wildman–Crippen MR) is 89.8 cm³/mol. The Balaban J connectivity index is 1.63. The van der Waals surface area contributed by atoms with Crippen LogP contribution >= 0.6 is 0 Å². The summed E-state index contributed by atoms with van der Waals surface area (Å²) in [5, 5.41) is 12.5. The number of pyridine rings is 1. The highest BCUT2D eigenvalue weighted by Crippen LogP contribution is 2.23. The van der Waals surface area contributed by atoms with Crippen molar-refractivity contribution in [3.8, 4) is 11.6 Å². The fourth-order valence-electron chi connectivity index (χ4n) is 2.71. The molecule has 0 aliphatic carbocycles. The quantitative estimate of drug-likeness (QED) is 0.893. The van der Waals surface area contributed by atoms with E-state index < -0.39 is 11.9 Å². The van der Waals surface area contributed by atoms with Crippen LogP contribution in [0.5, 0.6) is 11.6 Å². The number of nitrogens with one attached hydrogen (secondary N) is 1. The fraction of sp³-hybridized carbons (Fsp3) is 0.333. The van der Waals surface area contributed by atoms with E-state index in [1.54, 1.807) is 35.4 Å². The molecule has 1 aromatic heterocycles. The summed E-state index contributed by atoms with van der Waals surface area (Å²) >= 11 is 0. The predicted octanol–water partition coefficient (Wildman–Crippen LogP) is 2.68. The smallest absolute Gasteiger partial charge is 0.317 e. The number of nitrogens with zero attached hydrogens (tertiary/aromatic N) is 2. The number of aliphatic hydroxyl groups is 1. The molecule has 6 nitrogen and oxygen atoms in total. The Hall–Kier alpha value is -2.67. The monoisotopic (exact) mass is 345 g/mol. The molecule has 2 heterocycles. The molecule has 1 aliphatic rings. The number of likely N-dealkylation sites (tertiary alicyclic amines) is 1. The van der Waals surface area contributed by atoms with Gasteiger partial charge in [0.25, 0.3) is 0 Å². The van der Waals surface area contributed by atoms with Crippen LogP contribution in [-0.4, -0.2) is 40.2 Å². The number of ether oxygens (including phenoxy) is 1. The van der Waals surface area contributed by atoms with E-state index in [4.69, 9.17) is 4.74 Å². The molecule has 2 aromatic rings. The van der Waals surface area contributed by atoms with E-state index in [9.17, 15) is 14.3 Å². The van der Waals surface area contributed by atoms with Crippen molar-refractivity contribution in [2.45, 2.75) is 25.5 Å². The number of urea groups is 1. The standard InChI is InChI=1S/C18H20FN3O3/c19-14-5-1-7-16(10-14)25-17-13(4-2-8-20-17)11-21-18(24)22-9-3-6-15(23)12-22/h1-2,4-5,7-8,10,15,23H,3,6,9,11-12H2,(H,21,24). The lowest BCUT2D eigenvalue weighted by Gasteiger charge is -2.30. The second-order valence-electron chi connectivity index (χ2n) is 5.93. The molecule has 7 heteroatoms. The Morgan fingerprint density at radius 3 is 3.08 bits per heavy atom. The maximum atomic E-state index is 13.3. The average Bonchev–Trinajstić information content (AvgIpc) is 2.61. The Labute approximate surface area is 145 Å². The lowest BCUT2D eigenvalue weighted by atomic mass is 10.1. The van der Waals surface area contributed by atoms with Crippen LogP contribution in [0.2, 0.25) is 0 Å². The van der Waals surface area contributed by atoms with Crippen molar-refractivity contribution in [2.24, 2.45) is 0 Å². The van der Waals surface area contributed by atoms with Gasteiger partial charge in [0, 0.05) is 37.5 Å². The number of amides is 2. The van der Waals surface area contributed by atoms with Gasteiger partial charge in [0.05, 0.1) is 6.10 Å². The van der Waals surface area contributed by atoms with Gasteiger partial charge < -0.3 is 20.1 Å². The molecule has 0 saturated carbocycles. The first kappa shape index (κ1) is 17.2. The summed E-state index contributed by atoms with van der Waals surface area (Å²) in [6, 6.07) is 9.08. The van der Waals surface area contributed by atoms with E-state index in [0.717, 1.165) is 12.8 Å². The van der Waals surface area contributed by atoms with Crippen molar-refractivity contribution >= 4 is 6.03 Å². The number of β-amino-alcohol motifs (C(OH)–C–C–N with tert-alkyl or cyclic N) is 1. The number of benzene rings is 1. The summed E-state index contributed by atoms with van der Waals surface area (Å²) in [5.74, 6) is 0.254. The van der Waals surface area contributed by atoms with E-state index in [1.165, 1.54) is 12.1 Å². The van der Waals surface area contributed by atoms with Crippen molar-refractivity contribution in [1.29, 1.82) is 0 Å². The van der Waals surface area contributed by atoms with Gasteiger partial charge in [0.2, 0.25) is 5.88 Å². The minimum absolute atomic E-state index is 0.226. The van der Waals surface area contributed by atoms with Crippen LogP contribution in [-0.2, 0) is 6.54 Å². The minimum Gasteiger partial charge on any atom is -0.439 e. The number of carbonyl (C=O) groups is 1. The van der Waals surface area contributed by atoms with Crippen LogP contribution in [0.25, 0.3) is 0 Å². The van der Waals surface area contributed by atoms with Gasteiger partial charge in [0.15, 0.2) is 0 Å². The van der Waals surface area contributed by atoms with Crippen molar-refractivity contribution in [3.63, 3.8) is 0 Å². The van der Waals surface area contributed by atoms with Crippen LogP contribution in [0.3, 0.4) is 0 Å². The molecule has 1 aromatic carbocycles. The third kappa shape index (κ3) is 4.67. The third-order valence-electron chi connectivity index (χ3n) is 3.97. The highest BCUT2D eigenvalue weighted by Gasteiger charge is 2.22. The normalized spacial score (nSPS) is 17.2. The number of hydrogen-bond donors (Lipinski definition) is 2. The highest BCUT2D eigenvalue weighted by atomic mass is 19.1. The van der Waals surface area contributed by atoms with E-state index in [-0.39, 0.29) is 12.6 Å². The zero-order valence-corrected chi connectivity index (χ0v) is 13.7. The number of carbonyl (C=O) groups excluding carboxylic acids is 1. The molecule has 2 amide bonds. The Morgan fingerprint density at radius 1 is 1.40 bits per heavy atom. The molecule has 0 bridgehead atoms. The summed E-state index contributed by atoms with van der Waals surface area (Å²) in [5.41, 5.74) is 0.678. The van der Waals surface area contributed by atoms with Gasteiger partial charge >= 0.3 is 6.03 Å². The molecule has 25 heavy (non-hydrogen) atoms. The zero-order chi connectivity index (χ0) is 17.6. The number of halogens is 1. The Bertz CT molecular complexity index is 741. The third-order valence-corrected chi connectivity index (χ3v) is 3.97. The van der Waals surface area contributed by atoms with Crippen LogP contribution in [0.15, 0.2) is 42.6 Å². The summed E-state index contributed by atoms with van der Waals surface area (Å²) in [6.07, 6.45) is 2.61. The van der Waals surface area contributed by atoms with Gasteiger partial charge in [-0.3, -0.25) is 0 Å². The lowest BCUT2D eigenvalue weighted by molar-refractivity contribution is 0.0841. The summed E-state index contributed by atoms with van der Waals surface area (Å²) < 4.78 is 18.9. The summed E-state index contributed by atoms with van der Waals surface area (Å²) in [4.78, 5) is 18.0. The summed E-state index contributed by atoms with van der Waals surface area (Å²) in [7, 11) is 0. The number of rotatable bonds is 4. The molecular weight excluding hydrogens is 325 g/mol. The molecule has 132 valence electrons. The lowest BCUT2D eigenvalue weighted by Crippen LogP contribution is -2.46. The minimum atomic E-state index is -0.468. The van der Waals surface area contributed by atoms with Crippen LogP contribution < -0.4 is 10.1 Å². The van der Waals surface area contributed by atoms with Gasteiger partial charge in [-0.05, 0) is 31.0 Å². The first-order valence-corrected chi connectivity index (χ1v) is 8.20. The molecule has 1 atom stereocenters. The van der Waals surface area contributed by atoms with Crippen molar-refractivity contribution in [2.75, 3.05) is 13.1 Å². The first-order chi connectivity index (χ1) is 12.1. The number of aliphatic hydroxyl groups excluding tert-OH is 1. The molecule has 0 radical (unpaired) electrons. The van der Waals surface area contributed by atoms with Crippen molar-refractivity contribution in [3.05, 3.63) is 54.0 Å². The number of aromatic nitrogens is 1. The second-order valence-corrected chi connectivity index (χ2v) is 5.93. The van der Waals surface area contributed by atoms with Gasteiger partial charge in [-0.25, -0.2) is 14.2 Å². The van der Waals surface area contributed by atoms with Crippen LogP contribution in [0.1, 0.15) is 18.4 Å². The number of piperidine rings is 1. The molecule has 1 saturated heterocycles. The highest BCUT2D eigenvalue weighted by molar-refractivity contribution is 5.74. The largest absolute Gasteiger partial charge is 0.439 e. The first-order valence-electron chi connectivity index (χ1n) is 8.20. The molecule has 2 N–H and O–H groups in total. The molecule has 0 spiro atoms. The van der Waals surface area contributed by atoms with Gasteiger partial charge in [-0.2, -0.15) is 0 Å². The fourth-order valence-corrected chi connectivity index (χ4v) is 2.71. The van der Waals surface area contributed by atoms with E-state index >= 15 is 0 Å². The summed E-state index contributed by atoms with van der Waals surface area (Å²) in [6.45, 7) is 1.19. The topological polar surface area (TPSA) is 74.7 Å².